The molecule has 0 radical (unpaired) electrons. The second-order valence-corrected chi connectivity index (χ2v) is 7.36. The Morgan fingerprint density at radius 1 is 1.09 bits per heavy atom. The number of methoxy groups -OCH3 is 1. The molecule has 0 saturated carbocycles. The molecule has 2 N–H and O–H groups in total. The van der Waals surface area contributed by atoms with Crippen LogP contribution in [0.1, 0.15) is 0 Å². The van der Waals surface area contributed by atoms with Crippen LogP contribution in [0.3, 0.4) is 0 Å². The minimum atomic E-state index is -1.03. The smallest absolute Gasteiger partial charge is 0.341 e. The number of nitrogens with one attached hydrogen (secondary N) is 1. The normalized spacial score (nSPS) is 10.7. The van der Waals surface area contributed by atoms with Gasteiger partial charge in [-0.25, -0.2) is 14.8 Å². The van der Waals surface area contributed by atoms with Crippen molar-refractivity contribution in [3.8, 4) is 33.8 Å². The highest BCUT2D eigenvalue weighted by molar-refractivity contribution is 6.31. The van der Waals surface area contributed by atoms with Gasteiger partial charge in [0.05, 0.1) is 7.11 Å². The molecule has 0 saturated heterocycles. The fourth-order valence-corrected chi connectivity index (χ4v) is 3.67. The molecule has 0 amide bonds. The zero-order valence-electron chi connectivity index (χ0n) is 17.4. The quantitative estimate of drug-likeness (QED) is 0.404. The molecule has 0 spiro atoms. The highest BCUT2D eigenvalue weighted by Crippen LogP contribution is 2.42. The number of aliphatic carboxylic acids is 1. The molecule has 1 aromatic heterocycles. The Kier molecular flexibility index (Phi) is 6.09. The number of carboxylic acids is 1. The van der Waals surface area contributed by atoms with Crippen LogP contribution in [0.5, 0.6) is 11.5 Å². The predicted molar refractivity (Wildman–Crippen MR) is 125 cm³/mol. The Morgan fingerprint density at radius 2 is 1.88 bits per heavy atom. The number of fused-ring (bicyclic) bond motifs is 1. The number of rotatable bonds is 7. The zero-order chi connectivity index (χ0) is 22.7. The summed E-state index contributed by atoms with van der Waals surface area (Å²) < 4.78 is 11.0. The monoisotopic (exact) mass is 449 g/mol. The highest BCUT2D eigenvalue weighted by Gasteiger charge is 2.18. The van der Waals surface area contributed by atoms with Crippen LogP contribution < -0.4 is 14.8 Å². The lowest BCUT2D eigenvalue weighted by molar-refractivity contribution is -0.139. The van der Waals surface area contributed by atoms with E-state index in [1.807, 2.05) is 42.5 Å². The van der Waals surface area contributed by atoms with Crippen LogP contribution in [0.2, 0.25) is 5.02 Å². The van der Waals surface area contributed by atoms with Crippen LogP contribution in [0.15, 0.2) is 60.8 Å². The SMILES string of the molecule is CNc1ncc2c(-c3cccc(Cl)c3)cc(-c3ccc(OCC(=O)O)cc3)c(OC)c2n1. The standard InChI is InChI=1S/C24H20ClN3O4/c1-26-24-27-12-20-18(15-4-3-5-16(25)10-15)11-19(23(31-2)22(20)28-24)14-6-8-17(9-7-14)32-13-21(29)30/h3-12H,13H2,1-2H3,(H,29,30)(H,26,27,28). The van der Waals surface area contributed by atoms with E-state index in [9.17, 15) is 4.79 Å². The Labute approximate surface area is 189 Å². The van der Waals surface area contributed by atoms with Gasteiger partial charge in [0.25, 0.3) is 0 Å². The molecule has 7 nitrogen and oxygen atoms in total. The van der Waals surface area contributed by atoms with Crippen LogP contribution in [0, 0.1) is 0 Å². The summed E-state index contributed by atoms with van der Waals surface area (Å²) in [7, 11) is 3.36. The summed E-state index contributed by atoms with van der Waals surface area (Å²) in [6.45, 7) is -0.402. The molecule has 162 valence electrons. The van der Waals surface area contributed by atoms with Gasteiger partial charge in [0.2, 0.25) is 5.95 Å². The van der Waals surface area contributed by atoms with Gasteiger partial charge in [-0.2, -0.15) is 0 Å². The molecular formula is C24H20ClN3O4. The minimum absolute atomic E-state index is 0.402. The number of carboxylic acid groups (broad SMARTS) is 1. The van der Waals surface area contributed by atoms with Gasteiger partial charge in [-0.05, 0) is 47.0 Å². The Hall–Kier alpha value is -3.84. The molecule has 8 heteroatoms. The predicted octanol–water partition coefficient (Wildman–Crippen LogP) is 5.13. The Morgan fingerprint density at radius 3 is 2.53 bits per heavy atom. The maximum absolute atomic E-state index is 10.7. The minimum Gasteiger partial charge on any atom is -0.494 e. The van der Waals surface area contributed by atoms with Crippen molar-refractivity contribution in [3.63, 3.8) is 0 Å². The molecule has 4 rings (SSSR count). The van der Waals surface area contributed by atoms with Crippen molar-refractivity contribution in [3.05, 3.63) is 65.8 Å². The molecule has 0 aliphatic rings. The molecule has 1 heterocycles. The second-order valence-electron chi connectivity index (χ2n) is 6.93. The molecule has 4 aromatic rings. The van der Waals surface area contributed by atoms with Crippen molar-refractivity contribution in [1.29, 1.82) is 0 Å². The first-order chi connectivity index (χ1) is 15.5. The largest absolute Gasteiger partial charge is 0.494 e. The maximum atomic E-state index is 10.7. The van der Waals surface area contributed by atoms with Gasteiger partial charge < -0.3 is 19.9 Å². The summed E-state index contributed by atoms with van der Waals surface area (Å²) in [4.78, 5) is 19.8. The van der Waals surface area contributed by atoms with Gasteiger partial charge in [0.15, 0.2) is 12.4 Å². The topological polar surface area (TPSA) is 93.6 Å². The van der Waals surface area contributed by atoms with E-state index in [1.54, 1.807) is 32.5 Å². The lowest BCUT2D eigenvalue weighted by Gasteiger charge is -2.16. The molecular weight excluding hydrogens is 430 g/mol. The third-order valence-electron chi connectivity index (χ3n) is 4.92. The van der Waals surface area contributed by atoms with Crippen molar-refractivity contribution in [1.82, 2.24) is 9.97 Å². The summed E-state index contributed by atoms with van der Waals surface area (Å²) in [5.41, 5.74) is 4.17. The van der Waals surface area contributed by atoms with Gasteiger partial charge in [-0.3, -0.25) is 0 Å². The Bertz CT molecular complexity index is 1290. The average molecular weight is 450 g/mol. The first kappa shape index (κ1) is 21.4. The van der Waals surface area contributed by atoms with E-state index in [0.717, 1.165) is 27.6 Å². The second kappa shape index (κ2) is 9.11. The van der Waals surface area contributed by atoms with Crippen molar-refractivity contribution in [2.45, 2.75) is 0 Å². The summed E-state index contributed by atoms with van der Waals surface area (Å²) in [6, 6.07) is 16.7. The van der Waals surface area contributed by atoms with Crippen LogP contribution in [0.4, 0.5) is 5.95 Å². The van der Waals surface area contributed by atoms with Crippen molar-refractivity contribution < 1.29 is 19.4 Å². The van der Waals surface area contributed by atoms with E-state index < -0.39 is 12.6 Å². The average Bonchev–Trinajstić information content (AvgIpc) is 2.81. The van der Waals surface area contributed by atoms with Gasteiger partial charge in [0.1, 0.15) is 11.3 Å². The van der Waals surface area contributed by atoms with Crippen LogP contribution in [0.25, 0.3) is 33.2 Å². The number of carbonyl (C=O) groups is 1. The van der Waals surface area contributed by atoms with E-state index >= 15 is 0 Å². The number of anilines is 1. The summed E-state index contributed by atoms with van der Waals surface area (Å²) in [5, 5.41) is 13.2. The molecule has 0 aliphatic heterocycles. The number of halogens is 1. The fourth-order valence-electron chi connectivity index (χ4n) is 3.48. The van der Waals surface area contributed by atoms with Gasteiger partial charge in [-0.15, -0.1) is 0 Å². The van der Waals surface area contributed by atoms with E-state index in [-0.39, 0.29) is 0 Å². The van der Waals surface area contributed by atoms with E-state index in [0.29, 0.717) is 28.0 Å². The summed E-state index contributed by atoms with van der Waals surface area (Å²) in [5.74, 6) is 0.508. The third-order valence-corrected chi connectivity index (χ3v) is 5.15. The Balaban J connectivity index is 1.92. The summed E-state index contributed by atoms with van der Waals surface area (Å²) >= 11 is 6.26. The summed E-state index contributed by atoms with van der Waals surface area (Å²) in [6.07, 6.45) is 1.76. The lowest BCUT2D eigenvalue weighted by Crippen LogP contribution is -2.09. The van der Waals surface area contributed by atoms with Gasteiger partial charge >= 0.3 is 5.97 Å². The number of hydrogen-bond donors (Lipinski definition) is 2. The molecule has 0 fully saturated rings. The number of ether oxygens (including phenoxy) is 2. The first-order valence-electron chi connectivity index (χ1n) is 9.76. The van der Waals surface area contributed by atoms with E-state index in [4.69, 9.17) is 26.2 Å². The lowest BCUT2D eigenvalue weighted by atomic mass is 9.94. The molecule has 32 heavy (non-hydrogen) atoms. The number of hydrogen-bond acceptors (Lipinski definition) is 6. The fraction of sp³-hybridized carbons (Fsp3) is 0.125. The third kappa shape index (κ3) is 4.29. The maximum Gasteiger partial charge on any atom is 0.341 e. The van der Waals surface area contributed by atoms with Crippen molar-refractivity contribution in [2.24, 2.45) is 0 Å². The molecule has 0 aliphatic carbocycles. The zero-order valence-corrected chi connectivity index (χ0v) is 18.2. The van der Waals surface area contributed by atoms with Crippen LogP contribution in [-0.4, -0.2) is 41.8 Å². The van der Waals surface area contributed by atoms with Gasteiger partial charge in [0, 0.05) is 29.2 Å². The number of nitrogens with zero attached hydrogens (tertiary/aromatic N) is 2. The van der Waals surface area contributed by atoms with Crippen LogP contribution in [-0.2, 0) is 4.79 Å². The van der Waals surface area contributed by atoms with Gasteiger partial charge in [-0.1, -0.05) is 35.9 Å². The highest BCUT2D eigenvalue weighted by atomic mass is 35.5. The molecule has 0 unspecified atom stereocenters. The van der Waals surface area contributed by atoms with E-state index in [2.05, 4.69) is 15.3 Å². The van der Waals surface area contributed by atoms with Crippen molar-refractivity contribution in [2.75, 3.05) is 26.1 Å². The van der Waals surface area contributed by atoms with Crippen LogP contribution >= 0.6 is 11.6 Å². The molecule has 0 bridgehead atoms. The van der Waals surface area contributed by atoms with E-state index in [1.165, 1.54) is 0 Å². The number of benzene rings is 3. The molecule has 0 atom stereocenters. The molecule has 3 aromatic carbocycles. The van der Waals surface area contributed by atoms with Crippen molar-refractivity contribution >= 4 is 34.4 Å². The number of aromatic nitrogens is 2. The first-order valence-corrected chi connectivity index (χ1v) is 10.1.